The maximum Gasteiger partial charge on any atom is 0.260 e. The van der Waals surface area contributed by atoms with E-state index in [4.69, 9.17) is 35.3 Å². The summed E-state index contributed by atoms with van der Waals surface area (Å²) >= 11 is 5.90. The number of benzene rings is 2. The maximum atomic E-state index is 13.6. The number of rotatable bonds is 11. The van der Waals surface area contributed by atoms with E-state index in [0.717, 1.165) is 0 Å². The molecule has 2 amide bonds. The van der Waals surface area contributed by atoms with Gasteiger partial charge in [-0.25, -0.2) is 0 Å². The van der Waals surface area contributed by atoms with Gasteiger partial charge in [0, 0.05) is 36.8 Å². The molecule has 1 heterocycles. The van der Waals surface area contributed by atoms with Crippen molar-refractivity contribution < 1.29 is 33.3 Å². The molecule has 2 aromatic carbocycles. The quantitative estimate of drug-likeness (QED) is 0.433. The number of nitrogens with zero attached hydrogens (tertiary/aromatic N) is 2. The highest BCUT2D eigenvalue weighted by atomic mass is 35.5. The lowest BCUT2D eigenvalue weighted by atomic mass is 10.1. The molecule has 1 saturated heterocycles. The Morgan fingerprint density at radius 2 is 1.73 bits per heavy atom. The van der Waals surface area contributed by atoms with Crippen LogP contribution in [0, 0.1) is 5.92 Å². The second-order valence-electron chi connectivity index (χ2n) is 9.09. The van der Waals surface area contributed by atoms with E-state index in [-0.39, 0.29) is 30.4 Å². The molecule has 1 atom stereocenters. The first-order chi connectivity index (χ1) is 17.7. The van der Waals surface area contributed by atoms with E-state index in [0.29, 0.717) is 66.4 Å². The molecule has 0 aliphatic carbocycles. The number of hydrogen-bond donors (Lipinski definition) is 0. The largest absolute Gasteiger partial charge is 0.493 e. The fourth-order valence-electron chi connectivity index (χ4n) is 4.14. The highest BCUT2D eigenvalue weighted by molar-refractivity contribution is 6.30. The van der Waals surface area contributed by atoms with Crippen LogP contribution in [0.5, 0.6) is 23.0 Å². The predicted octanol–water partition coefficient (Wildman–Crippen LogP) is 3.77. The van der Waals surface area contributed by atoms with Gasteiger partial charge < -0.3 is 33.5 Å². The third kappa shape index (κ3) is 7.66. The number of ether oxygens (including phenoxy) is 5. The second kappa shape index (κ2) is 13.4. The molecule has 10 heteroatoms. The van der Waals surface area contributed by atoms with Crippen molar-refractivity contribution in [2.45, 2.75) is 20.0 Å². The maximum absolute atomic E-state index is 13.6. The van der Waals surface area contributed by atoms with Crippen molar-refractivity contribution in [1.82, 2.24) is 9.80 Å². The van der Waals surface area contributed by atoms with Crippen molar-refractivity contribution in [2.24, 2.45) is 5.92 Å². The Morgan fingerprint density at radius 1 is 1.08 bits per heavy atom. The van der Waals surface area contributed by atoms with Crippen LogP contribution in [0.4, 0.5) is 0 Å². The van der Waals surface area contributed by atoms with E-state index in [1.165, 1.54) is 21.3 Å². The van der Waals surface area contributed by atoms with Crippen LogP contribution >= 0.6 is 11.6 Å². The number of morpholine rings is 1. The number of carbonyl (C=O) groups excluding carboxylic acids is 2. The SMILES string of the molecule is COc1cc(C(=O)N(CC(C)C)C[C@H]2CN(C(=O)COc3ccc(Cl)cc3)CCO2)cc(OC)c1OC. The average molecular weight is 535 g/mol. The molecule has 0 N–H and O–H groups in total. The Kier molecular flexibility index (Phi) is 10.3. The zero-order chi connectivity index (χ0) is 26.9. The first kappa shape index (κ1) is 28.4. The lowest BCUT2D eigenvalue weighted by Crippen LogP contribution is -2.52. The van der Waals surface area contributed by atoms with Gasteiger partial charge in [-0.15, -0.1) is 0 Å². The van der Waals surface area contributed by atoms with Crippen molar-refractivity contribution >= 4 is 23.4 Å². The van der Waals surface area contributed by atoms with Gasteiger partial charge in [0.1, 0.15) is 5.75 Å². The second-order valence-corrected chi connectivity index (χ2v) is 9.53. The summed E-state index contributed by atoms with van der Waals surface area (Å²) < 4.78 is 27.8. The normalized spacial score (nSPS) is 15.3. The van der Waals surface area contributed by atoms with Crippen LogP contribution in [0.1, 0.15) is 24.2 Å². The van der Waals surface area contributed by atoms with Crippen LogP contribution < -0.4 is 18.9 Å². The van der Waals surface area contributed by atoms with Gasteiger partial charge in [0.25, 0.3) is 11.8 Å². The fraction of sp³-hybridized carbons (Fsp3) is 0.481. The Balaban J connectivity index is 1.69. The fourth-order valence-corrected chi connectivity index (χ4v) is 4.26. The minimum Gasteiger partial charge on any atom is -0.493 e. The third-order valence-corrected chi connectivity index (χ3v) is 6.13. The summed E-state index contributed by atoms with van der Waals surface area (Å²) in [5.41, 5.74) is 0.412. The molecule has 0 aromatic heterocycles. The monoisotopic (exact) mass is 534 g/mol. The topological polar surface area (TPSA) is 86.8 Å². The Labute approximate surface area is 223 Å². The van der Waals surface area contributed by atoms with E-state index in [1.54, 1.807) is 46.2 Å². The van der Waals surface area contributed by atoms with Crippen LogP contribution in [0.3, 0.4) is 0 Å². The summed E-state index contributed by atoms with van der Waals surface area (Å²) in [5.74, 6) is 1.69. The first-order valence-electron chi connectivity index (χ1n) is 12.1. The number of methoxy groups -OCH3 is 3. The van der Waals surface area contributed by atoms with Gasteiger partial charge in [-0.1, -0.05) is 25.4 Å². The molecule has 0 bridgehead atoms. The van der Waals surface area contributed by atoms with Crippen molar-refractivity contribution in [3.8, 4) is 23.0 Å². The lowest BCUT2D eigenvalue weighted by Gasteiger charge is -2.36. The minimum absolute atomic E-state index is 0.0889. The van der Waals surface area contributed by atoms with Crippen LogP contribution in [-0.4, -0.2) is 88.4 Å². The molecule has 0 radical (unpaired) electrons. The van der Waals surface area contributed by atoms with Gasteiger partial charge in [0.05, 0.1) is 34.0 Å². The number of amides is 2. The number of carbonyl (C=O) groups is 2. The Bertz CT molecular complexity index is 1040. The van der Waals surface area contributed by atoms with Crippen LogP contribution in [0.15, 0.2) is 36.4 Å². The van der Waals surface area contributed by atoms with Crippen LogP contribution in [0.2, 0.25) is 5.02 Å². The number of halogens is 1. The predicted molar refractivity (Wildman–Crippen MR) is 140 cm³/mol. The van der Waals surface area contributed by atoms with E-state index in [2.05, 4.69) is 0 Å². The molecule has 0 saturated carbocycles. The van der Waals surface area contributed by atoms with Gasteiger partial charge in [-0.2, -0.15) is 0 Å². The molecule has 1 fully saturated rings. The molecule has 1 aliphatic heterocycles. The Hall–Kier alpha value is -3.17. The highest BCUT2D eigenvalue weighted by Crippen LogP contribution is 2.38. The van der Waals surface area contributed by atoms with Crippen molar-refractivity contribution in [1.29, 1.82) is 0 Å². The summed E-state index contributed by atoms with van der Waals surface area (Å²) in [5, 5.41) is 0.599. The van der Waals surface area contributed by atoms with Gasteiger partial charge in [-0.05, 0) is 42.3 Å². The molecular weight excluding hydrogens is 500 g/mol. The van der Waals surface area contributed by atoms with Crippen LogP contribution in [0.25, 0.3) is 0 Å². The van der Waals surface area contributed by atoms with Crippen molar-refractivity contribution in [2.75, 3.05) is 60.7 Å². The average Bonchev–Trinajstić information content (AvgIpc) is 2.90. The van der Waals surface area contributed by atoms with Gasteiger partial charge in [0.2, 0.25) is 5.75 Å². The smallest absolute Gasteiger partial charge is 0.260 e. The molecular formula is C27H35ClN2O7. The van der Waals surface area contributed by atoms with E-state index >= 15 is 0 Å². The lowest BCUT2D eigenvalue weighted by molar-refractivity contribution is -0.141. The first-order valence-corrected chi connectivity index (χ1v) is 12.5. The molecule has 202 valence electrons. The summed E-state index contributed by atoms with van der Waals surface area (Å²) in [4.78, 5) is 29.9. The van der Waals surface area contributed by atoms with E-state index < -0.39 is 0 Å². The van der Waals surface area contributed by atoms with Crippen molar-refractivity contribution in [3.63, 3.8) is 0 Å². The summed E-state index contributed by atoms with van der Waals surface area (Å²) in [6, 6.07) is 10.1. The van der Waals surface area contributed by atoms with Crippen molar-refractivity contribution in [3.05, 3.63) is 47.0 Å². The highest BCUT2D eigenvalue weighted by Gasteiger charge is 2.29. The van der Waals surface area contributed by atoms with Crippen LogP contribution in [-0.2, 0) is 9.53 Å². The molecule has 0 unspecified atom stereocenters. The standard InChI is InChI=1S/C27H35ClN2O7/c1-18(2)14-30(27(32)19-12-23(33-3)26(35-5)24(13-19)34-4)16-22-15-29(10-11-36-22)25(31)17-37-21-8-6-20(28)7-9-21/h6-9,12-13,18,22H,10-11,14-17H2,1-5H3/t22-/m1/s1. The molecule has 9 nitrogen and oxygen atoms in total. The summed E-state index contributed by atoms with van der Waals surface area (Å²) in [7, 11) is 4.53. The Morgan fingerprint density at radius 3 is 2.30 bits per heavy atom. The minimum atomic E-state index is -0.335. The summed E-state index contributed by atoms with van der Waals surface area (Å²) in [6.07, 6.45) is -0.335. The van der Waals surface area contributed by atoms with Gasteiger partial charge in [-0.3, -0.25) is 9.59 Å². The summed E-state index contributed by atoms with van der Waals surface area (Å²) in [6.45, 7) is 6.05. The number of hydrogen-bond acceptors (Lipinski definition) is 7. The molecule has 37 heavy (non-hydrogen) atoms. The van der Waals surface area contributed by atoms with E-state index in [1.807, 2.05) is 13.8 Å². The zero-order valence-corrected chi connectivity index (χ0v) is 22.7. The molecule has 0 spiro atoms. The third-order valence-electron chi connectivity index (χ3n) is 5.88. The zero-order valence-electron chi connectivity index (χ0n) is 22.0. The molecule has 3 rings (SSSR count). The van der Waals surface area contributed by atoms with Gasteiger partial charge >= 0.3 is 0 Å². The van der Waals surface area contributed by atoms with Gasteiger partial charge in [0.15, 0.2) is 18.1 Å². The van der Waals surface area contributed by atoms with E-state index in [9.17, 15) is 9.59 Å². The molecule has 2 aromatic rings. The molecule has 1 aliphatic rings.